The van der Waals surface area contributed by atoms with Gasteiger partial charge in [-0.15, -0.1) is 0 Å². The molecule has 0 N–H and O–H groups in total. The van der Waals surface area contributed by atoms with Crippen LogP contribution in [0.3, 0.4) is 0 Å². The maximum atomic E-state index is 13.4. The first-order valence-electron chi connectivity index (χ1n) is 9.87. The third kappa shape index (κ3) is 2.94. The van der Waals surface area contributed by atoms with E-state index in [0.717, 1.165) is 5.57 Å². The lowest BCUT2D eigenvalue weighted by Crippen LogP contribution is -2.38. The van der Waals surface area contributed by atoms with Crippen LogP contribution in [-0.2, 0) is 14.6 Å². The molecule has 0 saturated carbocycles. The molecule has 1 unspecified atom stereocenters. The predicted octanol–water partition coefficient (Wildman–Crippen LogP) is 5.25. The standard InChI is InChI=1S/C24H28O3S/c1-15-13-16(2)21(17(3)14-15)23-19-11-12-20(22(19)24(4,5)27-23)28(25,26)18-9-7-6-8-10-18/h6-11,13-14,20,22-23H,12H2,1-5H3/t20-,22?,23-/m0/s1. The third-order valence-electron chi connectivity index (χ3n) is 6.26. The van der Waals surface area contributed by atoms with E-state index < -0.39 is 20.7 Å². The summed E-state index contributed by atoms with van der Waals surface area (Å²) in [6, 6.07) is 13.2. The Morgan fingerprint density at radius 1 is 1.00 bits per heavy atom. The molecule has 0 radical (unpaired) electrons. The van der Waals surface area contributed by atoms with Crippen LogP contribution in [0.25, 0.3) is 0 Å². The molecule has 1 saturated heterocycles. The molecular formula is C24H28O3S. The minimum absolute atomic E-state index is 0.136. The lowest BCUT2D eigenvalue weighted by atomic mass is 9.84. The number of fused-ring (bicyclic) bond motifs is 1. The van der Waals surface area contributed by atoms with Gasteiger partial charge in [-0.1, -0.05) is 42.0 Å². The lowest BCUT2D eigenvalue weighted by Gasteiger charge is -2.30. The molecule has 0 spiro atoms. The first-order valence-corrected chi connectivity index (χ1v) is 11.4. The van der Waals surface area contributed by atoms with E-state index in [1.54, 1.807) is 24.3 Å². The van der Waals surface area contributed by atoms with Gasteiger partial charge in [0.1, 0.15) is 6.10 Å². The van der Waals surface area contributed by atoms with Crippen LogP contribution in [0.4, 0.5) is 0 Å². The van der Waals surface area contributed by atoms with Gasteiger partial charge in [0, 0.05) is 5.92 Å². The van der Waals surface area contributed by atoms with Gasteiger partial charge in [0.2, 0.25) is 0 Å². The summed E-state index contributed by atoms with van der Waals surface area (Å²) in [6.45, 7) is 10.4. The zero-order valence-electron chi connectivity index (χ0n) is 17.2. The van der Waals surface area contributed by atoms with Gasteiger partial charge >= 0.3 is 0 Å². The summed E-state index contributed by atoms with van der Waals surface area (Å²) >= 11 is 0. The molecule has 1 aliphatic carbocycles. The van der Waals surface area contributed by atoms with Crippen LogP contribution in [0.2, 0.25) is 0 Å². The minimum Gasteiger partial charge on any atom is -0.363 e. The van der Waals surface area contributed by atoms with Crippen molar-refractivity contribution in [2.24, 2.45) is 5.92 Å². The Bertz CT molecular complexity index is 1030. The van der Waals surface area contributed by atoms with E-state index in [9.17, 15) is 8.42 Å². The molecule has 1 fully saturated rings. The van der Waals surface area contributed by atoms with E-state index in [4.69, 9.17) is 4.74 Å². The Morgan fingerprint density at radius 2 is 1.61 bits per heavy atom. The van der Waals surface area contributed by atoms with Gasteiger partial charge in [-0.05, 0) is 75.4 Å². The fraction of sp³-hybridized carbons (Fsp3) is 0.417. The molecule has 3 atom stereocenters. The van der Waals surface area contributed by atoms with Crippen molar-refractivity contribution in [2.75, 3.05) is 0 Å². The molecule has 2 aliphatic rings. The van der Waals surface area contributed by atoms with Crippen LogP contribution in [0.1, 0.15) is 48.6 Å². The Morgan fingerprint density at radius 3 is 2.21 bits per heavy atom. The van der Waals surface area contributed by atoms with Gasteiger partial charge in [-0.25, -0.2) is 8.42 Å². The second-order valence-corrected chi connectivity index (χ2v) is 10.9. The number of hydrogen-bond donors (Lipinski definition) is 0. The summed E-state index contributed by atoms with van der Waals surface area (Å²) < 4.78 is 33.3. The molecule has 1 aliphatic heterocycles. The molecule has 0 amide bonds. The second kappa shape index (κ2) is 6.57. The number of ether oxygens (including phenoxy) is 1. The van der Waals surface area contributed by atoms with E-state index in [-0.39, 0.29) is 12.0 Å². The van der Waals surface area contributed by atoms with Crippen LogP contribution in [0.5, 0.6) is 0 Å². The monoisotopic (exact) mass is 396 g/mol. The number of sulfone groups is 1. The summed E-state index contributed by atoms with van der Waals surface area (Å²) in [7, 11) is -3.43. The molecule has 4 heteroatoms. The second-order valence-electron chi connectivity index (χ2n) is 8.73. The summed E-state index contributed by atoms with van der Waals surface area (Å²) in [4.78, 5) is 0.400. The Labute approximate surface area is 168 Å². The lowest BCUT2D eigenvalue weighted by molar-refractivity contribution is -0.0327. The highest BCUT2D eigenvalue weighted by Gasteiger charge is 2.55. The smallest absolute Gasteiger partial charge is 0.182 e. The SMILES string of the molecule is Cc1cc(C)c([C@H]2OC(C)(C)C3C2=CC[C@@H]3S(=O)(=O)c2ccccc2)c(C)c1. The largest absolute Gasteiger partial charge is 0.363 e. The van der Waals surface area contributed by atoms with Crippen molar-refractivity contribution in [3.63, 3.8) is 0 Å². The quantitative estimate of drug-likeness (QED) is 0.666. The zero-order valence-corrected chi connectivity index (χ0v) is 18.0. The average molecular weight is 397 g/mol. The van der Waals surface area contributed by atoms with E-state index in [2.05, 4.69) is 39.0 Å². The zero-order chi connectivity index (χ0) is 20.3. The highest BCUT2D eigenvalue weighted by atomic mass is 32.2. The number of hydrogen-bond acceptors (Lipinski definition) is 3. The molecule has 4 rings (SSSR count). The van der Waals surface area contributed by atoms with E-state index in [1.165, 1.54) is 22.3 Å². The molecule has 2 aromatic rings. The van der Waals surface area contributed by atoms with Gasteiger partial charge in [0.15, 0.2) is 9.84 Å². The summed E-state index contributed by atoms with van der Waals surface area (Å²) in [5.41, 5.74) is 5.42. The van der Waals surface area contributed by atoms with Crippen molar-refractivity contribution >= 4 is 9.84 Å². The van der Waals surface area contributed by atoms with Crippen LogP contribution in [-0.4, -0.2) is 19.3 Å². The maximum Gasteiger partial charge on any atom is 0.182 e. The number of benzene rings is 2. The van der Waals surface area contributed by atoms with Crippen molar-refractivity contribution in [2.45, 2.75) is 62.9 Å². The first-order chi connectivity index (χ1) is 13.1. The van der Waals surface area contributed by atoms with Gasteiger partial charge < -0.3 is 4.74 Å². The van der Waals surface area contributed by atoms with E-state index >= 15 is 0 Å². The summed E-state index contributed by atoms with van der Waals surface area (Å²) in [6.07, 6.45) is 2.50. The Hall–Kier alpha value is -1.91. The Balaban J connectivity index is 1.77. The van der Waals surface area contributed by atoms with E-state index in [0.29, 0.717) is 11.3 Å². The van der Waals surface area contributed by atoms with Crippen LogP contribution < -0.4 is 0 Å². The van der Waals surface area contributed by atoms with Crippen LogP contribution >= 0.6 is 0 Å². The fourth-order valence-corrected chi connectivity index (χ4v) is 7.29. The van der Waals surface area contributed by atoms with Crippen LogP contribution in [0.15, 0.2) is 59.0 Å². The predicted molar refractivity (Wildman–Crippen MR) is 112 cm³/mol. The molecular weight excluding hydrogens is 368 g/mol. The average Bonchev–Trinajstić information content (AvgIpc) is 3.16. The molecule has 3 nitrogen and oxygen atoms in total. The first kappa shape index (κ1) is 19.4. The van der Waals surface area contributed by atoms with Crippen molar-refractivity contribution in [3.05, 3.63) is 76.4 Å². The van der Waals surface area contributed by atoms with Crippen molar-refractivity contribution in [3.8, 4) is 0 Å². The van der Waals surface area contributed by atoms with Gasteiger partial charge in [-0.3, -0.25) is 0 Å². The molecule has 2 aromatic carbocycles. The number of rotatable bonds is 3. The molecule has 148 valence electrons. The van der Waals surface area contributed by atoms with Gasteiger partial charge in [0.05, 0.1) is 15.7 Å². The highest BCUT2D eigenvalue weighted by molar-refractivity contribution is 7.92. The third-order valence-corrected chi connectivity index (χ3v) is 8.45. The number of aryl methyl sites for hydroxylation is 3. The van der Waals surface area contributed by atoms with E-state index in [1.807, 2.05) is 19.9 Å². The Kier molecular flexibility index (Phi) is 4.55. The fourth-order valence-electron chi connectivity index (χ4n) is 5.22. The van der Waals surface area contributed by atoms with Gasteiger partial charge in [0.25, 0.3) is 0 Å². The molecule has 0 bridgehead atoms. The molecule has 0 aromatic heterocycles. The van der Waals surface area contributed by atoms with Crippen molar-refractivity contribution in [1.29, 1.82) is 0 Å². The summed E-state index contributed by atoms with van der Waals surface area (Å²) in [5.74, 6) is -0.136. The number of allylic oxidation sites excluding steroid dienone is 1. The minimum atomic E-state index is -3.43. The van der Waals surface area contributed by atoms with Crippen LogP contribution in [0, 0.1) is 26.7 Å². The summed E-state index contributed by atoms with van der Waals surface area (Å²) in [5, 5.41) is -0.476. The molecule has 1 heterocycles. The highest BCUT2D eigenvalue weighted by Crippen LogP contribution is 2.55. The van der Waals surface area contributed by atoms with Crippen molar-refractivity contribution < 1.29 is 13.2 Å². The topological polar surface area (TPSA) is 43.4 Å². The van der Waals surface area contributed by atoms with Crippen molar-refractivity contribution in [1.82, 2.24) is 0 Å². The normalized spacial score (nSPS) is 26.2. The van der Waals surface area contributed by atoms with Gasteiger partial charge in [-0.2, -0.15) is 0 Å². The molecule has 28 heavy (non-hydrogen) atoms. The maximum absolute atomic E-state index is 13.4.